The zero-order valence-corrected chi connectivity index (χ0v) is 15.8. The van der Waals surface area contributed by atoms with Crippen LogP contribution in [0.3, 0.4) is 0 Å². The zero-order valence-electron chi connectivity index (χ0n) is 14.8. The van der Waals surface area contributed by atoms with Crippen molar-refractivity contribution in [1.82, 2.24) is 0 Å². The summed E-state index contributed by atoms with van der Waals surface area (Å²) in [4.78, 5) is 0. The second-order valence-corrected chi connectivity index (χ2v) is 14.0. The summed E-state index contributed by atoms with van der Waals surface area (Å²) in [5, 5.41) is 10.6. The van der Waals surface area contributed by atoms with Crippen LogP contribution in [0, 0.1) is 5.92 Å². The van der Waals surface area contributed by atoms with E-state index in [0.29, 0.717) is 12.5 Å². The van der Waals surface area contributed by atoms with Crippen LogP contribution in [-0.2, 0) is 9.16 Å². The van der Waals surface area contributed by atoms with E-state index in [1.54, 1.807) is 0 Å². The van der Waals surface area contributed by atoms with E-state index < -0.39 is 8.32 Å². The molecule has 3 nitrogen and oxygen atoms in total. The van der Waals surface area contributed by atoms with Gasteiger partial charge in [-0.2, -0.15) is 0 Å². The van der Waals surface area contributed by atoms with Crippen LogP contribution < -0.4 is 0 Å². The molecule has 126 valence electrons. The first-order chi connectivity index (χ1) is 10.1. The van der Waals surface area contributed by atoms with Gasteiger partial charge in [0, 0.05) is 18.8 Å². The van der Waals surface area contributed by atoms with Gasteiger partial charge in [-0.1, -0.05) is 32.9 Å². The minimum atomic E-state index is -1.79. The highest BCUT2D eigenvalue weighted by atomic mass is 28.4. The van der Waals surface area contributed by atoms with E-state index >= 15 is 0 Å². The lowest BCUT2D eigenvalue weighted by atomic mass is 9.77. The van der Waals surface area contributed by atoms with E-state index in [1.165, 1.54) is 0 Å². The van der Waals surface area contributed by atoms with Crippen LogP contribution >= 0.6 is 0 Å². The molecule has 1 spiro atoms. The highest BCUT2D eigenvalue weighted by molar-refractivity contribution is 6.74. The van der Waals surface area contributed by atoms with Gasteiger partial charge in [0.1, 0.15) is 0 Å². The number of ether oxygens (including phenoxy) is 1. The molecule has 0 aromatic carbocycles. The highest BCUT2D eigenvalue weighted by Gasteiger charge is 2.60. The Labute approximate surface area is 136 Å². The maximum atomic E-state index is 10.4. The largest absolute Gasteiger partial charge is 0.414 e. The third-order valence-corrected chi connectivity index (χ3v) is 11.0. The Morgan fingerprint density at radius 2 is 2.00 bits per heavy atom. The molecule has 2 aliphatic heterocycles. The lowest BCUT2D eigenvalue weighted by Gasteiger charge is -2.46. The van der Waals surface area contributed by atoms with E-state index in [4.69, 9.17) is 9.16 Å². The minimum Gasteiger partial charge on any atom is -0.414 e. The van der Waals surface area contributed by atoms with Crippen molar-refractivity contribution in [3.63, 3.8) is 0 Å². The van der Waals surface area contributed by atoms with Gasteiger partial charge in [-0.05, 0) is 37.4 Å². The minimum absolute atomic E-state index is 0.122. The van der Waals surface area contributed by atoms with E-state index in [-0.39, 0.29) is 22.3 Å². The van der Waals surface area contributed by atoms with Gasteiger partial charge in [-0.3, -0.25) is 0 Å². The first kappa shape index (κ1) is 16.7. The normalized spacial score (nSPS) is 41.5. The molecule has 1 N–H and O–H groups in total. The smallest absolute Gasteiger partial charge is 0.192 e. The summed E-state index contributed by atoms with van der Waals surface area (Å²) in [6.07, 6.45) is 9.03. The molecule has 3 rings (SSSR count). The Morgan fingerprint density at radius 1 is 1.27 bits per heavy atom. The average molecular weight is 325 g/mol. The summed E-state index contributed by atoms with van der Waals surface area (Å²) in [5.41, 5.74) is -0.393. The van der Waals surface area contributed by atoms with Crippen molar-refractivity contribution in [2.24, 2.45) is 5.92 Å². The fourth-order valence-electron chi connectivity index (χ4n) is 4.20. The van der Waals surface area contributed by atoms with Gasteiger partial charge in [-0.15, -0.1) is 0 Å². The Kier molecular flexibility index (Phi) is 3.92. The highest BCUT2D eigenvalue weighted by Crippen LogP contribution is 2.56. The molecular formula is C18H32O3Si. The van der Waals surface area contributed by atoms with Gasteiger partial charge >= 0.3 is 0 Å². The first-order valence-corrected chi connectivity index (χ1v) is 11.7. The van der Waals surface area contributed by atoms with Crippen LogP contribution in [0.25, 0.3) is 0 Å². The first-order valence-electron chi connectivity index (χ1n) is 8.77. The number of fused-ring (bicyclic) bond motifs is 1. The van der Waals surface area contributed by atoms with E-state index in [0.717, 1.165) is 32.1 Å². The summed E-state index contributed by atoms with van der Waals surface area (Å²) in [6, 6.07) is 0. The molecule has 2 fully saturated rings. The summed E-state index contributed by atoms with van der Waals surface area (Å²) in [5.74, 6) is 0.460. The number of rotatable bonds is 3. The summed E-state index contributed by atoms with van der Waals surface area (Å²) in [7, 11) is -1.79. The Bertz CT molecular complexity index is 467. The summed E-state index contributed by atoms with van der Waals surface area (Å²) in [6.45, 7) is 12.0. The molecule has 2 heterocycles. The van der Waals surface area contributed by atoms with E-state index in [9.17, 15) is 5.11 Å². The predicted molar refractivity (Wildman–Crippen MR) is 91.4 cm³/mol. The molecule has 0 unspecified atom stereocenters. The molecule has 0 radical (unpaired) electrons. The molecular weight excluding hydrogens is 292 g/mol. The predicted octanol–water partition coefficient (Wildman–Crippen LogP) is 4.03. The van der Waals surface area contributed by atoms with Crippen LogP contribution in [0.5, 0.6) is 0 Å². The Morgan fingerprint density at radius 3 is 2.68 bits per heavy atom. The van der Waals surface area contributed by atoms with Crippen LogP contribution in [-0.4, -0.2) is 37.3 Å². The Hall–Kier alpha value is -0.163. The molecule has 3 aliphatic rings. The lowest BCUT2D eigenvalue weighted by molar-refractivity contribution is -0.191. The zero-order chi connectivity index (χ0) is 16.2. The van der Waals surface area contributed by atoms with Crippen molar-refractivity contribution in [1.29, 1.82) is 0 Å². The molecule has 0 amide bonds. The number of aliphatic hydroxyl groups excluding tert-OH is 1. The molecule has 0 aromatic heterocycles. The van der Waals surface area contributed by atoms with Crippen LogP contribution in [0.15, 0.2) is 12.2 Å². The standard InChI is InChI=1S/C18H32O3Si/c1-16(2,3)22(4,5)20-13-17-10-14-8-6-7-9-18(14,21-17)12-15(19)11-17/h6,8,14-15,19H,7,9-13H2,1-5H3/t14-,15-,17+,18+/m0/s1. The Balaban J connectivity index is 1.77. The van der Waals surface area contributed by atoms with Crippen LogP contribution in [0.1, 0.15) is 52.9 Å². The third-order valence-electron chi connectivity index (χ3n) is 6.48. The van der Waals surface area contributed by atoms with Crippen LogP contribution in [0.2, 0.25) is 18.1 Å². The number of aliphatic hydroxyl groups is 1. The number of hydrogen-bond acceptors (Lipinski definition) is 3. The maximum absolute atomic E-state index is 10.4. The third kappa shape index (κ3) is 2.72. The molecule has 1 aliphatic carbocycles. The molecule has 22 heavy (non-hydrogen) atoms. The quantitative estimate of drug-likeness (QED) is 0.629. The van der Waals surface area contributed by atoms with Crippen molar-refractivity contribution in [2.45, 2.75) is 88.3 Å². The fourth-order valence-corrected chi connectivity index (χ4v) is 5.26. The average Bonchev–Trinajstić information content (AvgIpc) is 2.62. The monoisotopic (exact) mass is 324 g/mol. The number of hydrogen-bond donors (Lipinski definition) is 1. The lowest BCUT2D eigenvalue weighted by Crippen LogP contribution is -2.52. The maximum Gasteiger partial charge on any atom is 0.192 e. The van der Waals surface area contributed by atoms with Crippen molar-refractivity contribution >= 4 is 8.32 Å². The van der Waals surface area contributed by atoms with Gasteiger partial charge in [-0.25, -0.2) is 0 Å². The second kappa shape index (κ2) is 5.17. The molecule has 0 aromatic rings. The SMILES string of the molecule is CC(C)(C)[Si](C)(C)OC[C@]12C[C@H](O)C[C@@]3(CCC=C[C@H]3C1)O2. The van der Waals surface area contributed by atoms with Gasteiger partial charge in [0.05, 0.1) is 23.9 Å². The van der Waals surface area contributed by atoms with E-state index in [2.05, 4.69) is 46.0 Å². The molecule has 0 saturated carbocycles. The van der Waals surface area contributed by atoms with Gasteiger partial charge in [0.2, 0.25) is 0 Å². The molecule has 4 heteroatoms. The molecule has 2 saturated heterocycles. The topological polar surface area (TPSA) is 38.7 Å². The number of allylic oxidation sites excluding steroid dienone is 1. The summed E-state index contributed by atoms with van der Waals surface area (Å²) >= 11 is 0. The van der Waals surface area contributed by atoms with Gasteiger partial charge in [0.15, 0.2) is 8.32 Å². The van der Waals surface area contributed by atoms with Crippen molar-refractivity contribution in [3.05, 3.63) is 12.2 Å². The van der Waals surface area contributed by atoms with Gasteiger partial charge in [0.25, 0.3) is 0 Å². The van der Waals surface area contributed by atoms with Gasteiger partial charge < -0.3 is 14.3 Å². The fraction of sp³-hybridized carbons (Fsp3) is 0.889. The second-order valence-electron chi connectivity index (χ2n) is 9.24. The van der Waals surface area contributed by atoms with E-state index in [1.807, 2.05) is 0 Å². The van der Waals surface area contributed by atoms with Crippen molar-refractivity contribution < 1.29 is 14.3 Å². The summed E-state index contributed by atoms with van der Waals surface area (Å²) < 4.78 is 13.1. The molecule has 2 bridgehead atoms. The van der Waals surface area contributed by atoms with Crippen molar-refractivity contribution in [3.8, 4) is 0 Å². The molecule has 4 atom stereocenters. The van der Waals surface area contributed by atoms with Crippen molar-refractivity contribution in [2.75, 3.05) is 6.61 Å². The van der Waals surface area contributed by atoms with Crippen LogP contribution in [0.4, 0.5) is 0 Å².